The molecule has 0 saturated heterocycles. The van der Waals surface area contributed by atoms with Gasteiger partial charge in [0.05, 0.1) is 5.69 Å². The molecule has 0 aliphatic carbocycles. The van der Waals surface area contributed by atoms with Crippen LogP contribution in [0, 0.1) is 5.41 Å². The van der Waals surface area contributed by atoms with Crippen molar-refractivity contribution in [2.24, 2.45) is 5.41 Å². The number of hydrogen-bond acceptors (Lipinski definition) is 2. The Bertz CT molecular complexity index is 587. The van der Waals surface area contributed by atoms with Crippen LogP contribution in [0.4, 0.5) is 5.69 Å². The predicted octanol–water partition coefficient (Wildman–Crippen LogP) is 4.59. The van der Waals surface area contributed by atoms with Gasteiger partial charge in [0, 0.05) is 9.89 Å². The van der Waals surface area contributed by atoms with Gasteiger partial charge in [0.15, 0.2) is 5.11 Å². The molecule has 1 aromatic carbocycles. The number of rotatable bonds is 3. The third-order valence-electron chi connectivity index (χ3n) is 2.68. The zero-order chi connectivity index (χ0) is 17.8. The fraction of sp³-hybridized carbons (Fsp3) is 0.429. The van der Waals surface area contributed by atoms with Crippen molar-refractivity contribution < 1.29 is 4.79 Å². The quantitative estimate of drug-likeness (QED) is 0.350. The first-order valence-electron chi connectivity index (χ1n) is 6.61. The van der Waals surface area contributed by atoms with Crippen molar-refractivity contribution in [3.63, 3.8) is 0 Å². The minimum atomic E-state index is -1.78. The van der Waals surface area contributed by atoms with Crippen molar-refractivity contribution in [3.8, 4) is 0 Å². The molecule has 0 heterocycles. The van der Waals surface area contributed by atoms with E-state index in [1.54, 1.807) is 20.8 Å². The van der Waals surface area contributed by atoms with Crippen molar-refractivity contribution in [2.75, 3.05) is 5.32 Å². The summed E-state index contributed by atoms with van der Waals surface area (Å²) >= 11 is 26.4. The molecule has 4 nitrogen and oxygen atoms in total. The number of alkyl halides is 3. The molecule has 0 aliphatic rings. The van der Waals surface area contributed by atoms with E-state index in [1.165, 1.54) is 0 Å². The van der Waals surface area contributed by atoms with Crippen LogP contribution in [0.3, 0.4) is 0 Å². The van der Waals surface area contributed by atoms with Crippen molar-refractivity contribution in [1.29, 1.82) is 0 Å². The fourth-order valence-electron chi connectivity index (χ4n) is 1.40. The number of para-hydroxylation sites is 1. The Balaban J connectivity index is 2.80. The van der Waals surface area contributed by atoms with Gasteiger partial charge in [-0.25, -0.2) is 0 Å². The Hall–Kier alpha value is -0.270. The minimum absolute atomic E-state index is 0.211. The maximum absolute atomic E-state index is 12.1. The summed E-state index contributed by atoms with van der Waals surface area (Å²) in [6, 6.07) is 7.41. The normalized spacial score (nSPS) is 13.2. The summed E-state index contributed by atoms with van der Waals surface area (Å²) in [5.74, 6) is -0.273. The molecule has 1 rings (SSSR count). The van der Waals surface area contributed by atoms with Crippen LogP contribution in [-0.2, 0) is 4.79 Å². The monoisotopic (exact) mass is 459 g/mol. The van der Waals surface area contributed by atoms with Gasteiger partial charge in [-0.2, -0.15) is 0 Å². The average Bonchev–Trinajstić information content (AvgIpc) is 2.38. The minimum Gasteiger partial charge on any atom is -0.339 e. The number of carbonyl (C=O) groups excluding carboxylic acids is 1. The van der Waals surface area contributed by atoms with Gasteiger partial charge in [0.25, 0.3) is 0 Å². The first-order valence-corrected chi connectivity index (χ1v) is 8.94. The Labute approximate surface area is 164 Å². The zero-order valence-electron chi connectivity index (χ0n) is 12.7. The zero-order valence-corrected chi connectivity index (χ0v) is 17.4. The largest absolute Gasteiger partial charge is 0.339 e. The number of halogens is 4. The molecular formula is C14H17BrCl3N3OS. The summed E-state index contributed by atoms with van der Waals surface area (Å²) in [5, 5.41) is 8.63. The van der Waals surface area contributed by atoms with E-state index in [0.29, 0.717) is 0 Å². The predicted molar refractivity (Wildman–Crippen MR) is 105 cm³/mol. The molecule has 3 N–H and O–H groups in total. The number of benzene rings is 1. The van der Waals surface area contributed by atoms with Crippen LogP contribution in [0.15, 0.2) is 28.7 Å². The number of nitrogens with one attached hydrogen (secondary N) is 3. The molecule has 0 radical (unpaired) electrons. The first-order chi connectivity index (χ1) is 10.4. The lowest BCUT2D eigenvalue weighted by molar-refractivity contribution is -0.129. The van der Waals surface area contributed by atoms with Gasteiger partial charge in [-0.1, -0.05) is 67.7 Å². The summed E-state index contributed by atoms with van der Waals surface area (Å²) < 4.78 is -0.950. The Morgan fingerprint density at radius 2 is 1.74 bits per heavy atom. The molecule has 0 aliphatic heterocycles. The van der Waals surface area contributed by atoms with E-state index < -0.39 is 15.4 Å². The van der Waals surface area contributed by atoms with Gasteiger partial charge >= 0.3 is 0 Å². The van der Waals surface area contributed by atoms with Crippen LogP contribution < -0.4 is 16.0 Å². The summed E-state index contributed by atoms with van der Waals surface area (Å²) in [6.07, 6.45) is -0.985. The Morgan fingerprint density at radius 1 is 1.17 bits per heavy atom. The summed E-state index contributed by atoms with van der Waals surface area (Å²) in [4.78, 5) is 12.1. The summed E-state index contributed by atoms with van der Waals surface area (Å²) in [5.41, 5.74) is 0.114. The van der Waals surface area contributed by atoms with Gasteiger partial charge in [0.1, 0.15) is 6.17 Å². The molecule has 0 aromatic heterocycles. The molecule has 9 heteroatoms. The van der Waals surface area contributed by atoms with Gasteiger partial charge < -0.3 is 16.0 Å². The second kappa shape index (κ2) is 8.21. The molecule has 128 valence electrons. The molecule has 1 amide bonds. The molecule has 0 bridgehead atoms. The number of hydrogen-bond donors (Lipinski definition) is 3. The van der Waals surface area contributed by atoms with E-state index in [-0.39, 0.29) is 11.0 Å². The third-order valence-corrected chi connectivity index (χ3v) is 4.25. The highest BCUT2D eigenvalue weighted by Gasteiger charge is 2.36. The second-order valence-corrected chi connectivity index (χ2v) is 9.41. The van der Waals surface area contributed by atoms with Crippen LogP contribution >= 0.6 is 63.0 Å². The van der Waals surface area contributed by atoms with Crippen LogP contribution in [0.5, 0.6) is 0 Å². The molecular weight excluding hydrogens is 445 g/mol. The summed E-state index contributed by atoms with van der Waals surface area (Å²) in [7, 11) is 0. The van der Waals surface area contributed by atoms with E-state index in [1.807, 2.05) is 24.3 Å². The van der Waals surface area contributed by atoms with Gasteiger partial charge in [-0.15, -0.1) is 0 Å². The number of anilines is 1. The van der Waals surface area contributed by atoms with Crippen molar-refractivity contribution in [1.82, 2.24) is 10.6 Å². The van der Waals surface area contributed by atoms with E-state index in [4.69, 9.17) is 47.0 Å². The van der Waals surface area contributed by atoms with E-state index in [0.717, 1.165) is 10.2 Å². The Morgan fingerprint density at radius 3 is 2.22 bits per heavy atom. The smallest absolute Gasteiger partial charge is 0.228 e. The number of carbonyl (C=O) groups is 1. The first kappa shape index (κ1) is 20.8. The molecule has 0 spiro atoms. The average molecular weight is 462 g/mol. The van der Waals surface area contributed by atoms with Gasteiger partial charge in [-0.3, -0.25) is 4.79 Å². The van der Waals surface area contributed by atoms with E-state index in [2.05, 4.69) is 31.9 Å². The van der Waals surface area contributed by atoms with Gasteiger partial charge in [0.2, 0.25) is 9.70 Å². The van der Waals surface area contributed by atoms with Crippen molar-refractivity contribution >= 4 is 79.7 Å². The molecule has 0 fully saturated rings. The second-order valence-electron chi connectivity index (χ2n) is 5.78. The molecule has 1 atom stereocenters. The SMILES string of the molecule is CC(C)(C)C(=O)N[C@@H](NC(=S)Nc1ccccc1Br)C(Cl)(Cl)Cl. The number of amides is 1. The van der Waals surface area contributed by atoms with Crippen molar-refractivity contribution in [3.05, 3.63) is 28.7 Å². The lowest BCUT2D eigenvalue weighted by Gasteiger charge is -2.30. The van der Waals surface area contributed by atoms with E-state index >= 15 is 0 Å². The van der Waals surface area contributed by atoms with E-state index in [9.17, 15) is 4.79 Å². The highest BCUT2D eigenvalue weighted by molar-refractivity contribution is 9.10. The topological polar surface area (TPSA) is 53.2 Å². The molecule has 0 unspecified atom stereocenters. The van der Waals surface area contributed by atoms with Crippen LogP contribution in [0.1, 0.15) is 20.8 Å². The standard InChI is InChI=1S/C14H17BrCl3N3OS/c1-13(2,3)11(22)20-10(14(16,17)18)21-12(23)19-9-7-5-4-6-8(9)15/h4-7,10H,1-3H3,(H,20,22)(H2,19,21,23)/t10-/m0/s1. The van der Waals surface area contributed by atoms with Crippen LogP contribution in [-0.4, -0.2) is 21.0 Å². The maximum Gasteiger partial charge on any atom is 0.228 e. The highest BCUT2D eigenvalue weighted by atomic mass is 79.9. The molecule has 0 saturated carbocycles. The fourth-order valence-corrected chi connectivity index (χ4v) is 2.34. The third kappa shape index (κ3) is 7.01. The van der Waals surface area contributed by atoms with Crippen LogP contribution in [0.2, 0.25) is 0 Å². The molecule has 23 heavy (non-hydrogen) atoms. The van der Waals surface area contributed by atoms with Crippen molar-refractivity contribution in [2.45, 2.75) is 30.7 Å². The van der Waals surface area contributed by atoms with Crippen LogP contribution in [0.25, 0.3) is 0 Å². The number of thiocarbonyl (C=S) groups is 1. The highest BCUT2D eigenvalue weighted by Crippen LogP contribution is 2.30. The van der Waals surface area contributed by atoms with Gasteiger partial charge in [-0.05, 0) is 40.3 Å². The molecule has 1 aromatic rings. The Kier molecular flexibility index (Phi) is 7.41. The lowest BCUT2D eigenvalue weighted by Crippen LogP contribution is -2.58. The lowest BCUT2D eigenvalue weighted by atomic mass is 9.95. The summed E-state index contributed by atoms with van der Waals surface area (Å²) in [6.45, 7) is 5.28. The maximum atomic E-state index is 12.1.